The van der Waals surface area contributed by atoms with Gasteiger partial charge in [0.2, 0.25) is 5.91 Å². The number of hydrogen-bond donors (Lipinski definition) is 1. The Balaban J connectivity index is 1.59. The minimum absolute atomic E-state index is 0.0730. The van der Waals surface area contributed by atoms with Gasteiger partial charge < -0.3 is 10.1 Å². The molecule has 2 rings (SSSR count). The van der Waals surface area contributed by atoms with Gasteiger partial charge in [-0.15, -0.1) is 0 Å². The fourth-order valence-electron chi connectivity index (χ4n) is 2.58. The van der Waals surface area contributed by atoms with E-state index in [0.717, 1.165) is 18.8 Å². The Hall–Kier alpha value is -1.26. The maximum absolute atomic E-state index is 11.8. The van der Waals surface area contributed by atoms with Gasteiger partial charge in [0.15, 0.2) is 0 Å². The third-order valence-electron chi connectivity index (χ3n) is 3.61. The van der Waals surface area contributed by atoms with Crippen molar-refractivity contribution in [1.82, 2.24) is 10.2 Å². The Labute approximate surface area is 131 Å². The van der Waals surface area contributed by atoms with Crippen LogP contribution in [0.5, 0.6) is 5.75 Å². The number of carbonyl (C=O) groups is 1. The van der Waals surface area contributed by atoms with Gasteiger partial charge in [0, 0.05) is 11.6 Å². The molecule has 0 spiro atoms. The van der Waals surface area contributed by atoms with Crippen molar-refractivity contribution in [3.63, 3.8) is 0 Å². The third-order valence-corrected chi connectivity index (χ3v) is 3.87. The molecular formula is C16H23ClN2O2. The Kier molecular flexibility index (Phi) is 6.33. The molecule has 1 aromatic rings. The highest BCUT2D eigenvalue weighted by Crippen LogP contribution is 2.15. The topological polar surface area (TPSA) is 41.6 Å². The van der Waals surface area contributed by atoms with Crippen molar-refractivity contribution in [3.05, 3.63) is 29.3 Å². The Morgan fingerprint density at radius 1 is 1.43 bits per heavy atom. The van der Waals surface area contributed by atoms with E-state index in [4.69, 9.17) is 16.3 Å². The van der Waals surface area contributed by atoms with Gasteiger partial charge in [0.1, 0.15) is 12.4 Å². The first kappa shape index (κ1) is 16.1. The molecule has 1 aromatic carbocycles. The minimum atomic E-state index is 0.0730. The van der Waals surface area contributed by atoms with E-state index in [0.29, 0.717) is 30.6 Å². The van der Waals surface area contributed by atoms with E-state index in [-0.39, 0.29) is 5.91 Å². The van der Waals surface area contributed by atoms with Gasteiger partial charge in [-0.25, -0.2) is 0 Å². The molecule has 0 bridgehead atoms. The van der Waals surface area contributed by atoms with Crippen LogP contribution in [0, 0.1) is 5.92 Å². The van der Waals surface area contributed by atoms with Crippen molar-refractivity contribution in [2.75, 3.05) is 32.8 Å². The lowest BCUT2D eigenvalue weighted by Gasteiger charge is -2.30. The molecular weight excluding hydrogens is 288 g/mol. The number of hydrogen-bond acceptors (Lipinski definition) is 3. The molecule has 21 heavy (non-hydrogen) atoms. The lowest BCUT2D eigenvalue weighted by atomic mass is 10.0. The van der Waals surface area contributed by atoms with Crippen LogP contribution >= 0.6 is 11.6 Å². The smallest absolute Gasteiger partial charge is 0.234 e. The van der Waals surface area contributed by atoms with Crippen LogP contribution in [0.2, 0.25) is 5.02 Å². The summed E-state index contributed by atoms with van der Waals surface area (Å²) < 4.78 is 5.53. The van der Waals surface area contributed by atoms with Gasteiger partial charge in [0.05, 0.1) is 13.1 Å². The number of likely N-dealkylation sites (tertiary alicyclic amines) is 1. The summed E-state index contributed by atoms with van der Waals surface area (Å²) in [7, 11) is 0. The summed E-state index contributed by atoms with van der Waals surface area (Å²) in [6.07, 6.45) is 2.46. The van der Waals surface area contributed by atoms with Crippen molar-refractivity contribution in [3.8, 4) is 5.75 Å². The maximum Gasteiger partial charge on any atom is 0.234 e. The van der Waals surface area contributed by atoms with E-state index in [1.807, 2.05) is 12.1 Å². The van der Waals surface area contributed by atoms with Crippen molar-refractivity contribution >= 4 is 17.5 Å². The Morgan fingerprint density at radius 3 is 2.90 bits per heavy atom. The number of ether oxygens (including phenoxy) is 1. The van der Waals surface area contributed by atoms with Crippen LogP contribution in [0.15, 0.2) is 24.3 Å². The predicted molar refractivity (Wildman–Crippen MR) is 84.8 cm³/mol. The zero-order valence-electron chi connectivity index (χ0n) is 12.5. The zero-order valence-corrected chi connectivity index (χ0v) is 13.2. The molecule has 1 N–H and O–H groups in total. The van der Waals surface area contributed by atoms with Gasteiger partial charge in [-0.05, 0) is 49.6 Å². The molecule has 1 heterocycles. The highest BCUT2D eigenvalue weighted by atomic mass is 35.5. The maximum atomic E-state index is 11.8. The van der Waals surface area contributed by atoms with Crippen LogP contribution in [0.1, 0.15) is 19.8 Å². The Morgan fingerprint density at radius 2 is 2.19 bits per heavy atom. The van der Waals surface area contributed by atoms with Gasteiger partial charge in [-0.1, -0.05) is 18.5 Å². The molecule has 1 aliphatic rings. The van der Waals surface area contributed by atoms with E-state index in [9.17, 15) is 4.79 Å². The zero-order chi connectivity index (χ0) is 15.1. The first-order chi connectivity index (χ1) is 10.1. The monoisotopic (exact) mass is 310 g/mol. The normalized spacial score (nSPS) is 19.2. The van der Waals surface area contributed by atoms with Crippen LogP contribution in [0.3, 0.4) is 0 Å². The van der Waals surface area contributed by atoms with Gasteiger partial charge in [0.25, 0.3) is 0 Å². The lowest BCUT2D eigenvalue weighted by Crippen LogP contribution is -2.42. The van der Waals surface area contributed by atoms with Crippen molar-refractivity contribution in [2.24, 2.45) is 5.92 Å². The summed E-state index contributed by atoms with van der Waals surface area (Å²) in [4.78, 5) is 14.1. The summed E-state index contributed by atoms with van der Waals surface area (Å²) in [5.74, 6) is 1.53. The first-order valence-electron chi connectivity index (χ1n) is 7.51. The van der Waals surface area contributed by atoms with Crippen LogP contribution in [-0.4, -0.2) is 43.6 Å². The molecule has 0 aliphatic carbocycles. The molecule has 0 aromatic heterocycles. The number of nitrogens with one attached hydrogen (secondary N) is 1. The summed E-state index contributed by atoms with van der Waals surface area (Å²) in [6.45, 7) is 5.76. The highest BCUT2D eigenvalue weighted by Gasteiger charge is 2.18. The average molecular weight is 311 g/mol. The van der Waals surface area contributed by atoms with E-state index < -0.39 is 0 Å². The minimum Gasteiger partial charge on any atom is -0.492 e. The van der Waals surface area contributed by atoms with E-state index in [1.54, 1.807) is 12.1 Å². The second-order valence-corrected chi connectivity index (χ2v) is 6.07. The number of rotatable bonds is 6. The molecule has 0 radical (unpaired) electrons. The van der Waals surface area contributed by atoms with Crippen LogP contribution in [0.25, 0.3) is 0 Å². The van der Waals surface area contributed by atoms with Gasteiger partial charge in [-0.3, -0.25) is 9.69 Å². The molecule has 1 saturated heterocycles. The van der Waals surface area contributed by atoms with Crippen LogP contribution in [-0.2, 0) is 4.79 Å². The van der Waals surface area contributed by atoms with Crippen molar-refractivity contribution in [1.29, 1.82) is 0 Å². The number of amides is 1. The number of benzene rings is 1. The third kappa shape index (κ3) is 5.94. The fraction of sp³-hybridized carbons (Fsp3) is 0.562. The molecule has 1 aliphatic heterocycles. The number of carbonyl (C=O) groups excluding carboxylic acids is 1. The average Bonchev–Trinajstić information content (AvgIpc) is 2.45. The highest BCUT2D eigenvalue weighted by molar-refractivity contribution is 6.30. The lowest BCUT2D eigenvalue weighted by molar-refractivity contribution is -0.122. The number of halogens is 1. The molecule has 1 amide bonds. The quantitative estimate of drug-likeness (QED) is 0.821. The standard InChI is InChI=1S/C16H23ClN2O2/c1-13-3-2-9-19(11-13)12-16(20)18-8-10-21-15-6-4-14(17)5-7-15/h4-7,13H,2-3,8-12H2,1H3,(H,18,20). The predicted octanol–water partition coefficient (Wildman–Crippen LogP) is 2.57. The second kappa shape index (κ2) is 8.25. The molecule has 0 saturated carbocycles. The van der Waals surface area contributed by atoms with Crippen molar-refractivity contribution < 1.29 is 9.53 Å². The number of piperidine rings is 1. The van der Waals surface area contributed by atoms with Crippen LogP contribution < -0.4 is 10.1 Å². The SMILES string of the molecule is CC1CCCN(CC(=O)NCCOc2ccc(Cl)cc2)C1. The molecule has 116 valence electrons. The molecule has 1 unspecified atom stereocenters. The molecule has 4 nitrogen and oxygen atoms in total. The summed E-state index contributed by atoms with van der Waals surface area (Å²) >= 11 is 5.80. The van der Waals surface area contributed by atoms with Gasteiger partial charge in [-0.2, -0.15) is 0 Å². The number of nitrogens with zero attached hydrogens (tertiary/aromatic N) is 1. The molecule has 5 heteroatoms. The fourth-order valence-corrected chi connectivity index (χ4v) is 2.71. The molecule has 1 fully saturated rings. The van der Waals surface area contributed by atoms with E-state index >= 15 is 0 Å². The second-order valence-electron chi connectivity index (χ2n) is 5.63. The van der Waals surface area contributed by atoms with Gasteiger partial charge >= 0.3 is 0 Å². The molecule has 1 atom stereocenters. The largest absolute Gasteiger partial charge is 0.492 e. The summed E-state index contributed by atoms with van der Waals surface area (Å²) in [5, 5.41) is 3.58. The van der Waals surface area contributed by atoms with E-state index in [1.165, 1.54) is 12.8 Å². The summed E-state index contributed by atoms with van der Waals surface area (Å²) in [6, 6.07) is 7.21. The Bertz CT molecular complexity index is 450. The van der Waals surface area contributed by atoms with Crippen molar-refractivity contribution in [2.45, 2.75) is 19.8 Å². The van der Waals surface area contributed by atoms with Crippen LogP contribution in [0.4, 0.5) is 0 Å². The van der Waals surface area contributed by atoms with E-state index in [2.05, 4.69) is 17.1 Å². The summed E-state index contributed by atoms with van der Waals surface area (Å²) in [5.41, 5.74) is 0. The first-order valence-corrected chi connectivity index (χ1v) is 7.88.